The lowest BCUT2D eigenvalue weighted by molar-refractivity contribution is 0.271. The fourth-order valence-electron chi connectivity index (χ4n) is 2.58. The van der Waals surface area contributed by atoms with Crippen molar-refractivity contribution in [1.29, 1.82) is 0 Å². The number of hydrogen-bond donors (Lipinski definition) is 1. The molecule has 1 fully saturated rings. The van der Waals surface area contributed by atoms with Crippen LogP contribution in [0.2, 0.25) is 0 Å². The Morgan fingerprint density at radius 1 is 1.35 bits per heavy atom. The molecule has 0 amide bonds. The number of unbranched alkanes of at least 4 members (excludes halogenated alkanes) is 1. The zero-order valence-corrected chi connectivity index (χ0v) is 14.2. The molecule has 1 aliphatic rings. The van der Waals surface area contributed by atoms with Gasteiger partial charge in [-0.1, -0.05) is 13.8 Å². The van der Waals surface area contributed by atoms with E-state index in [-0.39, 0.29) is 5.75 Å². The van der Waals surface area contributed by atoms with Crippen LogP contribution in [0.25, 0.3) is 0 Å². The SMILES string of the molecule is CC(C)NCCCCS(=O)(=O)N(C)CC1CCCN1C. The van der Waals surface area contributed by atoms with E-state index in [9.17, 15) is 8.42 Å². The number of nitrogens with one attached hydrogen (secondary N) is 1. The lowest BCUT2D eigenvalue weighted by Crippen LogP contribution is -2.40. The maximum atomic E-state index is 12.2. The van der Waals surface area contributed by atoms with E-state index < -0.39 is 10.0 Å². The minimum Gasteiger partial charge on any atom is -0.315 e. The number of likely N-dealkylation sites (N-methyl/N-ethyl adjacent to an activating group) is 2. The van der Waals surface area contributed by atoms with Crippen LogP contribution in [0.3, 0.4) is 0 Å². The molecule has 0 aliphatic carbocycles. The zero-order valence-electron chi connectivity index (χ0n) is 13.4. The highest BCUT2D eigenvalue weighted by atomic mass is 32.2. The van der Waals surface area contributed by atoms with Crippen LogP contribution in [-0.2, 0) is 10.0 Å². The predicted molar refractivity (Wildman–Crippen MR) is 84.4 cm³/mol. The summed E-state index contributed by atoms with van der Waals surface area (Å²) in [6, 6.07) is 0.851. The molecule has 1 heterocycles. The Labute approximate surface area is 124 Å². The molecule has 0 saturated carbocycles. The fourth-order valence-corrected chi connectivity index (χ4v) is 3.86. The number of nitrogens with zero attached hydrogens (tertiary/aromatic N) is 2. The minimum atomic E-state index is -3.09. The third-order valence-electron chi connectivity index (χ3n) is 4.00. The summed E-state index contributed by atoms with van der Waals surface area (Å²) in [6.45, 7) is 6.80. The van der Waals surface area contributed by atoms with Gasteiger partial charge in [0, 0.05) is 25.7 Å². The third-order valence-corrected chi connectivity index (χ3v) is 5.90. The molecule has 1 unspecified atom stereocenters. The first kappa shape index (κ1) is 17.9. The molecule has 120 valence electrons. The summed E-state index contributed by atoms with van der Waals surface area (Å²) in [5.41, 5.74) is 0. The highest BCUT2D eigenvalue weighted by Gasteiger charge is 2.26. The van der Waals surface area contributed by atoms with Crippen molar-refractivity contribution in [2.24, 2.45) is 0 Å². The van der Waals surface area contributed by atoms with Gasteiger partial charge in [-0.2, -0.15) is 0 Å². The van der Waals surface area contributed by atoms with Crippen molar-refractivity contribution in [3.05, 3.63) is 0 Å². The molecule has 1 saturated heterocycles. The highest BCUT2D eigenvalue weighted by molar-refractivity contribution is 7.89. The van der Waals surface area contributed by atoms with Gasteiger partial charge in [0.1, 0.15) is 0 Å². The average molecular weight is 305 g/mol. The molecule has 1 rings (SSSR count). The minimum absolute atomic E-state index is 0.264. The number of sulfonamides is 1. The molecule has 20 heavy (non-hydrogen) atoms. The van der Waals surface area contributed by atoms with Crippen LogP contribution in [0.5, 0.6) is 0 Å². The zero-order chi connectivity index (χ0) is 15.2. The molecule has 6 heteroatoms. The second kappa shape index (κ2) is 8.32. The van der Waals surface area contributed by atoms with Crippen LogP contribution in [0.15, 0.2) is 0 Å². The quantitative estimate of drug-likeness (QED) is 0.649. The predicted octanol–water partition coefficient (Wildman–Crippen LogP) is 1.12. The topological polar surface area (TPSA) is 52.7 Å². The highest BCUT2D eigenvalue weighted by Crippen LogP contribution is 2.16. The average Bonchev–Trinajstić information content (AvgIpc) is 2.74. The summed E-state index contributed by atoms with van der Waals surface area (Å²) in [6.07, 6.45) is 3.92. The van der Waals surface area contributed by atoms with Gasteiger partial charge in [0.05, 0.1) is 5.75 Å². The van der Waals surface area contributed by atoms with Crippen LogP contribution in [-0.4, -0.2) is 69.2 Å². The van der Waals surface area contributed by atoms with Crippen LogP contribution in [0.1, 0.15) is 39.5 Å². The van der Waals surface area contributed by atoms with E-state index in [2.05, 4.69) is 31.1 Å². The first-order chi connectivity index (χ1) is 9.33. The summed E-state index contributed by atoms with van der Waals surface area (Å²) in [5.74, 6) is 0.264. The van der Waals surface area contributed by atoms with E-state index >= 15 is 0 Å². The summed E-state index contributed by atoms with van der Waals surface area (Å²) >= 11 is 0. The first-order valence-electron chi connectivity index (χ1n) is 7.70. The fraction of sp³-hybridized carbons (Fsp3) is 1.00. The van der Waals surface area contributed by atoms with Crippen LogP contribution >= 0.6 is 0 Å². The lowest BCUT2D eigenvalue weighted by atomic mass is 10.2. The molecule has 0 aromatic heterocycles. The molecule has 5 nitrogen and oxygen atoms in total. The Morgan fingerprint density at radius 3 is 2.60 bits per heavy atom. The van der Waals surface area contributed by atoms with Gasteiger partial charge in [-0.3, -0.25) is 0 Å². The van der Waals surface area contributed by atoms with Gasteiger partial charge in [0.15, 0.2) is 0 Å². The Kier molecular flexibility index (Phi) is 7.43. The molecular formula is C14H31N3O2S. The maximum absolute atomic E-state index is 12.2. The molecule has 0 bridgehead atoms. The Bertz CT molecular complexity index is 371. The van der Waals surface area contributed by atoms with Gasteiger partial charge in [-0.05, 0) is 45.8 Å². The molecule has 1 aliphatic heterocycles. The third kappa shape index (κ3) is 6.08. The normalized spacial score (nSPS) is 21.2. The Morgan fingerprint density at radius 2 is 2.05 bits per heavy atom. The van der Waals surface area contributed by atoms with E-state index in [4.69, 9.17) is 0 Å². The summed E-state index contributed by atoms with van der Waals surface area (Å²) in [5, 5.41) is 3.31. The van der Waals surface area contributed by atoms with E-state index in [0.29, 0.717) is 18.6 Å². The van der Waals surface area contributed by atoms with Crippen LogP contribution in [0.4, 0.5) is 0 Å². The van der Waals surface area contributed by atoms with Gasteiger partial charge in [0.2, 0.25) is 10.0 Å². The smallest absolute Gasteiger partial charge is 0.213 e. The van der Waals surface area contributed by atoms with Crippen LogP contribution < -0.4 is 5.32 Å². The van der Waals surface area contributed by atoms with Crippen molar-refractivity contribution < 1.29 is 8.42 Å². The van der Waals surface area contributed by atoms with Gasteiger partial charge < -0.3 is 10.2 Å². The number of likely N-dealkylation sites (tertiary alicyclic amines) is 1. The summed E-state index contributed by atoms with van der Waals surface area (Å²) in [7, 11) is 0.702. The maximum Gasteiger partial charge on any atom is 0.213 e. The largest absolute Gasteiger partial charge is 0.315 e. The molecule has 0 radical (unpaired) electrons. The number of rotatable bonds is 9. The molecule has 0 aromatic rings. The first-order valence-corrected chi connectivity index (χ1v) is 9.31. The lowest BCUT2D eigenvalue weighted by Gasteiger charge is -2.25. The molecular weight excluding hydrogens is 274 g/mol. The molecule has 0 spiro atoms. The van der Waals surface area contributed by atoms with Gasteiger partial charge >= 0.3 is 0 Å². The van der Waals surface area contributed by atoms with Crippen LogP contribution in [0, 0.1) is 0 Å². The van der Waals surface area contributed by atoms with Gasteiger partial charge in [0.25, 0.3) is 0 Å². The van der Waals surface area contributed by atoms with Crippen molar-refractivity contribution in [2.45, 2.75) is 51.6 Å². The molecule has 1 atom stereocenters. The summed E-state index contributed by atoms with van der Waals surface area (Å²) in [4.78, 5) is 2.26. The van der Waals surface area contributed by atoms with Gasteiger partial charge in [-0.25, -0.2) is 12.7 Å². The Balaban J connectivity index is 2.28. The van der Waals surface area contributed by atoms with Crippen molar-refractivity contribution in [3.8, 4) is 0 Å². The number of hydrogen-bond acceptors (Lipinski definition) is 4. The summed E-state index contributed by atoms with van der Waals surface area (Å²) < 4.78 is 26.0. The van der Waals surface area contributed by atoms with Gasteiger partial charge in [-0.15, -0.1) is 0 Å². The molecule has 0 aromatic carbocycles. The van der Waals surface area contributed by atoms with Crippen molar-refractivity contribution >= 4 is 10.0 Å². The van der Waals surface area contributed by atoms with Crippen molar-refractivity contribution in [2.75, 3.05) is 39.5 Å². The van der Waals surface area contributed by atoms with E-state index in [0.717, 1.165) is 32.4 Å². The van der Waals surface area contributed by atoms with E-state index in [1.165, 1.54) is 6.42 Å². The monoisotopic (exact) mass is 305 g/mol. The second-order valence-corrected chi connectivity index (χ2v) is 8.38. The molecule has 1 N–H and O–H groups in total. The Hall–Kier alpha value is -0.170. The second-order valence-electron chi connectivity index (χ2n) is 6.19. The van der Waals surface area contributed by atoms with E-state index in [1.54, 1.807) is 11.4 Å². The van der Waals surface area contributed by atoms with E-state index in [1.807, 2.05) is 0 Å². The standard InChI is InChI=1S/C14H31N3O2S/c1-13(2)15-9-5-6-11-20(18,19)17(4)12-14-8-7-10-16(14)3/h13-15H,5-12H2,1-4H3. The van der Waals surface area contributed by atoms with Crippen molar-refractivity contribution in [1.82, 2.24) is 14.5 Å². The van der Waals surface area contributed by atoms with Crippen molar-refractivity contribution in [3.63, 3.8) is 0 Å².